The second kappa shape index (κ2) is 7.82. The molecule has 0 saturated heterocycles. The lowest BCUT2D eigenvalue weighted by Crippen LogP contribution is -2.32. The van der Waals surface area contributed by atoms with Crippen LogP contribution in [-0.2, 0) is 4.79 Å². The highest BCUT2D eigenvalue weighted by Gasteiger charge is 2.18. The van der Waals surface area contributed by atoms with E-state index in [0.717, 1.165) is 12.8 Å². The van der Waals surface area contributed by atoms with Crippen LogP contribution in [0.15, 0.2) is 18.2 Å². The van der Waals surface area contributed by atoms with E-state index in [2.05, 4.69) is 17.6 Å². The molecule has 1 aliphatic rings. The molecule has 120 valence electrons. The number of anilines is 1. The largest absolute Gasteiger partial charge is 0.482 e. The Balaban J connectivity index is 1.88. The van der Waals surface area contributed by atoms with Crippen molar-refractivity contribution in [2.24, 2.45) is 0 Å². The van der Waals surface area contributed by atoms with Crippen molar-refractivity contribution < 1.29 is 14.3 Å². The van der Waals surface area contributed by atoms with Crippen molar-refractivity contribution in [3.8, 4) is 5.75 Å². The lowest BCUT2D eigenvalue weighted by Gasteiger charge is -2.19. The summed E-state index contributed by atoms with van der Waals surface area (Å²) in [6.45, 7) is 4.21. The number of hydrogen-bond acceptors (Lipinski definition) is 3. The van der Waals surface area contributed by atoms with Crippen LogP contribution in [0.5, 0.6) is 5.75 Å². The Morgan fingerprint density at radius 3 is 2.95 bits per heavy atom. The summed E-state index contributed by atoms with van der Waals surface area (Å²) in [5.74, 6) is 0.263. The molecule has 0 saturated carbocycles. The number of ether oxygens (including phenoxy) is 1. The number of benzene rings is 1. The fraction of sp³-hybridized carbons (Fsp3) is 0.529. The van der Waals surface area contributed by atoms with Crippen LogP contribution in [0.25, 0.3) is 0 Å². The van der Waals surface area contributed by atoms with Crippen molar-refractivity contribution in [3.63, 3.8) is 0 Å². The molecule has 2 amide bonds. The van der Waals surface area contributed by atoms with Gasteiger partial charge in [-0.15, -0.1) is 0 Å². The van der Waals surface area contributed by atoms with Crippen LogP contribution in [0.1, 0.15) is 56.3 Å². The standard InChI is InChI=1S/C17H24N2O3/c1-3-4-5-6-7-12(2)18-17(21)13-8-9-14-15(10-13)22-11-16(20)19-14/h8-10,12H,3-7,11H2,1-2H3,(H,18,21)(H,19,20)/t12-/m0/s1. The molecule has 0 spiro atoms. The van der Waals surface area contributed by atoms with Crippen LogP contribution >= 0.6 is 0 Å². The predicted octanol–water partition coefficient (Wildman–Crippen LogP) is 3.11. The minimum absolute atomic E-state index is 0.00803. The number of unbranched alkanes of at least 4 members (excludes halogenated alkanes) is 3. The van der Waals surface area contributed by atoms with Gasteiger partial charge in [-0.25, -0.2) is 0 Å². The molecule has 0 aliphatic carbocycles. The smallest absolute Gasteiger partial charge is 0.262 e. The van der Waals surface area contributed by atoms with Gasteiger partial charge < -0.3 is 15.4 Å². The topological polar surface area (TPSA) is 67.4 Å². The van der Waals surface area contributed by atoms with Gasteiger partial charge in [0.1, 0.15) is 5.75 Å². The molecule has 22 heavy (non-hydrogen) atoms. The van der Waals surface area contributed by atoms with Crippen LogP contribution in [0.2, 0.25) is 0 Å². The third-order valence-electron chi connectivity index (χ3n) is 3.74. The first kappa shape index (κ1) is 16.3. The summed E-state index contributed by atoms with van der Waals surface area (Å²) in [6, 6.07) is 5.23. The van der Waals surface area contributed by atoms with Gasteiger partial charge in [0.2, 0.25) is 0 Å². The minimum Gasteiger partial charge on any atom is -0.482 e. The molecule has 5 heteroatoms. The highest BCUT2D eigenvalue weighted by Crippen LogP contribution is 2.28. The van der Waals surface area contributed by atoms with Crippen molar-refractivity contribution in [1.29, 1.82) is 0 Å². The van der Waals surface area contributed by atoms with E-state index in [4.69, 9.17) is 4.74 Å². The Bertz CT molecular complexity index is 543. The summed E-state index contributed by atoms with van der Waals surface area (Å²) in [4.78, 5) is 23.5. The van der Waals surface area contributed by atoms with Gasteiger partial charge in [-0.2, -0.15) is 0 Å². The Morgan fingerprint density at radius 1 is 1.36 bits per heavy atom. The maximum Gasteiger partial charge on any atom is 0.262 e. The fourth-order valence-electron chi connectivity index (χ4n) is 2.47. The van der Waals surface area contributed by atoms with Gasteiger partial charge in [-0.05, 0) is 31.5 Å². The first-order chi connectivity index (χ1) is 10.6. The summed E-state index contributed by atoms with van der Waals surface area (Å²) in [5, 5.41) is 5.72. The molecular formula is C17H24N2O3. The summed E-state index contributed by atoms with van der Waals surface area (Å²) >= 11 is 0. The van der Waals surface area contributed by atoms with E-state index < -0.39 is 0 Å². The van der Waals surface area contributed by atoms with E-state index in [1.165, 1.54) is 19.3 Å². The zero-order valence-corrected chi connectivity index (χ0v) is 13.3. The van der Waals surface area contributed by atoms with E-state index in [-0.39, 0.29) is 24.5 Å². The molecule has 1 aromatic rings. The number of nitrogens with one attached hydrogen (secondary N) is 2. The second-order valence-corrected chi connectivity index (χ2v) is 5.77. The normalized spacial score (nSPS) is 14.5. The first-order valence-corrected chi connectivity index (χ1v) is 7.97. The van der Waals surface area contributed by atoms with E-state index in [1.54, 1.807) is 18.2 Å². The number of hydrogen-bond donors (Lipinski definition) is 2. The van der Waals surface area contributed by atoms with Gasteiger partial charge in [0.05, 0.1) is 5.69 Å². The summed E-state index contributed by atoms with van der Waals surface area (Å²) in [6.07, 6.45) is 5.79. The SMILES string of the molecule is CCCCCC[C@H](C)NC(=O)c1ccc2c(c1)OCC(=O)N2. The highest BCUT2D eigenvalue weighted by molar-refractivity contribution is 5.99. The Labute approximate surface area is 131 Å². The average Bonchev–Trinajstić information content (AvgIpc) is 2.51. The van der Waals surface area contributed by atoms with Crippen molar-refractivity contribution in [1.82, 2.24) is 5.32 Å². The number of rotatable bonds is 7. The van der Waals surface area contributed by atoms with E-state index >= 15 is 0 Å². The monoisotopic (exact) mass is 304 g/mol. The molecular weight excluding hydrogens is 280 g/mol. The van der Waals surface area contributed by atoms with Crippen molar-refractivity contribution in [2.45, 2.75) is 52.0 Å². The Kier molecular flexibility index (Phi) is 5.81. The highest BCUT2D eigenvalue weighted by atomic mass is 16.5. The quantitative estimate of drug-likeness (QED) is 0.761. The van der Waals surface area contributed by atoms with E-state index in [1.807, 2.05) is 6.92 Å². The minimum atomic E-state index is -0.176. The zero-order chi connectivity index (χ0) is 15.9. The predicted molar refractivity (Wildman–Crippen MR) is 86.3 cm³/mol. The molecule has 0 bridgehead atoms. The lowest BCUT2D eigenvalue weighted by atomic mass is 10.1. The Hall–Kier alpha value is -2.04. The van der Waals surface area contributed by atoms with Crippen molar-refractivity contribution in [3.05, 3.63) is 23.8 Å². The molecule has 1 atom stereocenters. The van der Waals surface area contributed by atoms with Gasteiger partial charge in [0.15, 0.2) is 6.61 Å². The second-order valence-electron chi connectivity index (χ2n) is 5.77. The lowest BCUT2D eigenvalue weighted by molar-refractivity contribution is -0.118. The summed E-state index contributed by atoms with van der Waals surface area (Å²) in [5.41, 5.74) is 1.16. The molecule has 0 radical (unpaired) electrons. The van der Waals surface area contributed by atoms with E-state index in [9.17, 15) is 9.59 Å². The van der Waals surface area contributed by atoms with Crippen LogP contribution in [0.3, 0.4) is 0 Å². The first-order valence-electron chi connectivity index (χ1n) is 7.97. The van der Waals surface area contributed by atoms with Crippen LogP contribution in [0, 0.1) is 0 Å². The van der Waals surface area contributed by atoms with Crippen LogP contribution in [-0.4, -0.2) is 24.5 Å². The van der Waals surface area contributed by atoms with Crippen molar-refractivity contribution in [2.75, 3.05) is 11.9 Å². The molecule has 0 aromatic heterocycles. The fourth-order valence-corrected chi connectivity index (χ4v) is 2.47. The van der Waals surface area contributed by atoms with Gasteiger partial charge in [0.25, 0.3) is 11.8 Å². The molecule has 2 N–H and O–H groups in total. The Morgan fingerprint density at radius 2 is 2.18 bits per heavy atom. The molecule has 2 rings (SSSR count). The summed E-state index contributed by atoms with van der Waals surface area (Å²) in [7, 11) is 0. The number of amides is 2. The van der Waals surface area contributed by atoms with E-state index in [0.29, 0.717) is 17.0 Å². The molecule has 0 fully saturated rings. The molecule has 5 nitrogen and oxygen atoms in total. The van der Waals surface area contributed by atoms with Gasteiger partial charge in [-0.1, -0.05) is 32.6 Å². The number of carbonyl (C=O) groups excluding carboxylic acids is 2. The molecule has 1 aromatic carbocycles. The van der Waals surface area contributed by atoms with Gasteiger partial charge in [-0.3, -0.25) is 9.59 Å². The molecule has 1 aliphatic heterocycles. The van der Waals surface area contributed by atoms with Gasteiger partial charge in [0, 0.05) is 11.6 Å². The average molecular weight is 304 g/mol. The third kappa shape index (κ3) is 4.48. The zero-order valence-electron chi connectivity index (χ0n) is 13.3. The number of carbonyl (C=O) groups is 2. The number of fused-ring (bicyclic) bond motifs is 1. The summed E-state index contributed by atoms with van der Waals surface area (Å²) < 4.78 is 5.33. The maximum atomic E-state index is 12.2. The van der Waals surface area contributed by atoms with Gasteiger partial charge >= 0.3 is 0 Å². The maximum absolute atomic E-state index is 12.2. The molecule has 1 heterocycles. The molecule has 0 unspecified atom stereocenters. The van der Waals surface area contributed by atoms with Crippen LogP contribution < -0.4 is 15.4 Å². The van der Waals surface area contributed by atoms with Crippen LogP contribution in [0.4, 0.5) is 5.69 Å². The van der Waals surface area contributed by atoms with Crippen molar-refractivity contribution >= 4 is 17.5 Å². The third-order valence-corrected chi connectivity index (χ3v) is 3.74.